The van der Waals surface area contributed by atoms with Gasteiger partial charge in [0.2, 0.25) is 10.0 Å². The number of aromatic nitrogens is 2. The molecular weight excluding hydrogens is 574 g/mol. The SMILES string of the molecule is COC(=O)c1cccc(-n2c(C)cc(C3C(c4ccccn4)NC(=S)N3c3ccc(NS(C)(=O)=O)c(OC)c3)c2C)c1. The molecule has 1 fully saturated rings. The van der Waals surface area contributed by atoms with Crippen LogP contribution in [-0.4, -0.2) is 49.5 Å². The number of rotatable bonds is 8. The molecule has 3 heterocycles. The lowest BCUT2D eigenvalue weighted by atomic mass is 9.96. The third kappa shape index (κ3) is 5.55. The fourth-order valence-electron chi connectivity index (χ4n) is 5.44. The second-order valence-electron chi connectivity index (χ2n) is 9.96. The Kier molecular flexibility index (Phi) is 7.93. The van der Waals surface area contributed by atoms with Crippen molar-refractivity contribution in [1.82, 2.24) is 14.9 Å². The minimum atomic E-state index is -3.52. The molecule has 2 N–H and O–H groups in total. The van der Waals surface area contributed by atoms with Gasteiger partial charge in [-0.25, -0.2) is 13.2 Å². The summed E-state index contributed by atoms with van der Waals surface area (Å²) in [6.45, 7) is 4.04. The highest BCUT2D eigenvalue weighted by Gasteiger charge is 2.42. The normalized spacial score (nSPS) is 16.7. The number of methoxy groups -OCH3 is 2. The average molecular weight is 606 g/mol. The van der Waals surface area contributed by atoms with Gasteiger partial charge in [-0.1, -0.05) is 12.1 Å². The zero-order valence-corrected chi connectivity index (χ0v) is 25.4. The number of benzene rings is 2. The first-order valence-electron chi connectivity index (χ1n) is 13.1. The first-order chi connectivity index (χ1) is 20.0. The fourth-order valence-corrected chi connectivity index (χ4v) is 6.35. The molecule has 0 aliphatic carbocycles. The molecule has 0 bridgehead atoms. The molecule has 0 amide bonds. The van der Waals surface area contributed by atoms with E-state index < -0.39 is 16.0 Å². The van der Waals surface area contributed by atoms with Gasteiger partial charge in [0, 0.05) is 35.0 Å². The average Bonchev–Trinajstić information content (AvgIpc) is 3.47. The minimum Gasteiger partial charge on any atom is -0.494 e. The van der Waals surface area contributed by atoms with Crippen LogP contribution in [0, 0.1) is 13.8 Å². The zero-order valence-electron chi connectivity index (χ0n) is 23.8. The third-order valence-electron chi connectivity index (χ3n) is 7.17. The van der Waals surface area contributed by atoms with Gasteiger partial charge in [-0.3, -0.25) is 9.71 Å². The van der Waals surface area contributed by atoms with Gasteiger partial charge in [-0.15, -0.1) is 0 Å². The van der Waals surface area contributed by atoms with Crippen LogP contribution >= 0.6 is 12.2 Å². The fraction of sp³-hybridized carbons (Fsp3) is 0.233. The van der Waals surface area contributed by atoms with E-state index in [1.165, 1.54) is 14.2 Å². The van der Waals surface area contributed by atoms with E-state index >= 15 is 0 Å². The van der Waals surface area contributed by atoms with Gasteiger partial charge in [-0.2, -0.15) is 0 Å². The van der Waals surface area contributed by atoms with Crippen molar-refractivity contribution in [2.24, 2.45) is 0 Å². The molecule has 0 spiro atoms. The Morgan fingerprint density at radius 1 is 1.02 bits per heavy atom. The summed E-state index contributed by atoms with van der Waals surface area (Å²) < 4.78 is 38.9. The van der Waals surface area contributed by atoms with Crippen molar-refractivity contribution < 1.29 is 22.7 Å². The minimum absolute atomic E-state index is 0.297. The predicted octanol–water partition coefficient (Wildman–Crippen LogP) is 4.83. The highest BCUT2D eigenvalue weighted by molar-refractivity contribution is 7.92. The van der Waals surface area contributed by atoms with Crippen molar-refractivity contribution in [1.29, 1.82) is 0 Å². The Hall–Kier alpha value is -4.42. The molecule has 218 valence electrons. The Morgan fingerprint density at radius 2 is 1.81 bits per heavy atom. The molecule has 0 radical (unpaired) electrons. The maximum Gasteiger partial charge on any atom is 0.337 e. The van der Waals surface area contributed by atoms with E-state index in [9.17, 15) is 13.2 Å². The van der Waals surface area contributed by atoms with Crippen LogP contribution in [-0.2, 0) is 14.8 Å². The molecule has 5 rings (SSSR count). The van der Waals surface area contributed by atoms with Crippen LogP contribution < -0.4 is 19.7 Å². The number of esters is 1. The Labute approximate surface area is 250 Å². The van der Waals surface area contributed by atoms with Crippen LogP contribution in [0.25, 0.3) is 5.69 Å². The number of thiocarbonyl (C=S) groups is 1. The van der Waals surface area contributed by atoms with Crippen molar-refractivity contribution in [3.8, 4) is 11.4 Å². The van der Waals surface area contributed by atoms with E-state index in [4.69, 9.17) is 21.7 Å². The lowest BCUT2D eigenvalue weighted by molar-refractivity contribution is 0.0600. The maximum atomic E-state index is 12.3. The number of sulfonamides is 1. The van der Waals surface area contributed by atoms with Crippen molar-refractivity contribution in [2.75, 3.05) is 30.1 Å². The van der Waals surface area contributed by atoms with Crippen LogP contribution in [0.1, 0.15) is 45.1 Å². The van der Waals surface area contributed by atoms with E-state index in [0.29, 0.717) is 27.8 Å². The smallest absolute Gasteiger partial charge is 0.337 e. The summed E-state index contributed by atoms with van der Waals surface area (Å²) in [5, 5.41) is 3.94. The molecule has 2 atom stereocenters. The van der Waals surface area contributed by atoms with E-state index in [2.05, 4.69) is 25.7 Å². The van der Waals surface area contributed by atoms with Crippen LogP contribution in [0.5, 0.6) is 5.75 Å². The largest absolute Gasteiger partial charge is 0.494 e. The summed E-state index contributed by atoms with van der Waals surface area (Å²) in [6, 6.07) is 19.8. The number of nitrogens with zero attached hydrogens (tertiary/aromatic N) is 3. The van der Waals surface area contributed by atoms with Crippen molar-refractivity contribution in [2.45, 2.75) is 25.9 Å². The predicted molar refractivity (Wildman–Crippen MR) is 166 cm³/mol. The van der Waals surface area contributed by atoms with Gasteiger partial charge in [0.15, 0.2) is 5.11 Å². The summed E-state index contributed by atoms with van der Waals surface area (Å²) in [5.74, 6) is -0.0557. The Morgan fingerprint density at radius 3 is 2.48 bits per heavy atom. The number of anilines is 2. The molecule has 1 aliphatic heterocycles. The second kappa shape index (κ2) is 11.5. The number of pyridine rings is 1. The van der Waals surface area contributed by atoms with Crippen molar-refractivity contribution >= 4 is 44.7 Å². The summed E-state index contributed by atoms with van der Waals surface area (Å²) in [5.41, 5.74) is 6.05. The number of nitrogens with one attached hydrogen (secondary N) is 2. The molecule has 42 heavy (non-hydrogen) atoms. The number of hydrogen-bond acceptors (Lipinski definition) is 7. The molecule has 2 unspecified atom stereocenters. The summed E-state index contributed by atoms with van der Waals surface area (Å²) in [7, 11) is -0.672. The summed E-state index contributed by atoms with van der Waals surface area (Å²) in [6.07, 6.45) is 2.83. The van der Waals surface area contributed by atoms with Crippen LogP contribution in [0.3, 0.4) is 0 Å². The van der Waals surface area contributed by atoms with E-state index in [-0.39, 0.29) is 12.1 Å². The Balaban J connectivity index is 1.66. The molecule has 2 aromatic heterocycles. The van der Waals surface area contributed by atoms with E-state index in [1.54, 1.807) is 36.5 Å². The molecule has 2 aromatic carbocycles. The molecule has 1 aliphatic rings. The van der Waals surface area contributed by atoms with Crippen LogP contribution in [0.2, 0.25) is 0 Å². The first kappa shape index (κ1) is 29.1. The van der Waals surface area contributed by atoms with Gasteiger partial charge < -0.3 is 24.3 Å². The van der Waals surface area contributed by atoms with Crippen LogP contribution in [0.4, 0.5) is 11.4 Å². The monoisotopic (exact) mass is 605 g/mol. The highest BCUT2D eigenvalue weighted by atomic mass is 32.2. The number of carbonyl (C=O) groups is 1. The van der Waals surface area contributed by atoms with E-state index in [1.807, 2.05) is 49.1 Å². The van der Waals surface area contributed by atoms with Gasteiger partial charge in [0.25, 0.3) is 0 Å². The molecule has 4 aromatic rings. The second-order valence-corrected chi connectivity index (χ2v) is 12.1. The van der Waals surface area contributed by atoms with Gasteiger partial charge in [-0.05, 0) is 80.2 Å². The molecule has 1 saturated heterocycles. The molecule has 10 nitrogen and oxygen atoms in total. The van der Waals surface area contributed by atoms with Crippen molar-refractivity contribution in [3.05, 3.63) is 101 Å². The lowest BCUT2D eigenvalue weighted by Gasteiger charge is -2.29. The zero-order chi connectivity index (χ0) is 30.2. The molecular formula is C30H31N5O5S2. The number of carbonyl (C=O) groups excluding carboxylic acids is 1. The first-order valence-corrected chi connectivity index (χ1v) is 15.4. The standard InChI is InChI=1S/C30H31N5O5S2/c1-18-15-23(19(2)34(18)21-10-8-9-20(16-21)29(36)40-4)28-27(25-11-6-7-14-31-25)32-30(41)35(28)22-12-13-24(26(17-22)39-3)33-42(5,37)38/h6-17,27-28,33H,1-5H3,(H,32,41). The van der Waals surface area contributed by atoms with Gasteiger partial charge in [0.05, 0.1) is 49.5 Å². The summed E-state index contributed by atoms with van der Waals surface area (Å²) in [4.78, 5) is 18.9. The summed E-state index contributed by atoms with van der Waals surface area (Å²) >= 11 is 5.89. The lowest BCUT2D eigenvalue weighted by Crippen LogP contribution is -2.29. The van der Waals surface area contributed by atoms with Crippen LogP contribution in [0.15, 0.2) is 72.9 Å². The quantitative estimate of drug-likeness (QED) is 0.215. The van der Waals surface area contributed by atoms with Gasteiger partial charge in [0.1, 0.15) is 5.75 Å². The van der Waals surface area contributed by atoms with Crippen molar-refractivity contribution in [3.63, 3.8) is 0 Å². The van der Waals surface area contributed by atoms with Gasteiger partial charge >= 0.3 is 5.97 Å². The number of aryl methyl sites for hydroxylation is 1. The highest BCUT2D eigenvalue weighted by Crippen LogP contribution is 2.45. The molecule has 0 saturated carbocycles. The Bertz CT molecular complexity index is 1770. The maximum absolute atomic E-state index is 12.3. The third-order valence-corrected chi connectivity index (χ3v) is 8.08. The topological polar surface area (TPSA) is 115 Å². The number of hydrogen-bond donors (Lipinski definition) is 2. The number of ether oxygens (including phenoxy) is 2. The van der Waals surface area contributed by atoms with E-state index in [0.717, 1.165) is 34.6 Å². The molecule has 12 heteroatoms.